The number of para-hydroxylation sites is 1. The van der Waals surface area contributed by atoms with Crippen molar-refractivity contribution in [2.45, 2.75) is 5.75 Å². The van der Waals surface area contributed by atoms with E-state index >= 15 is 0 Å². The molecule has 1 aliphatic rings. The van der Waals surface area contributed by atoms with Crippen LogP contribution in [0.25, 0.3) is 6.08 Å². The first-order valence-corrected chi connectivity index (χ1v) is 10.1. The van der Waals surface area contributed by atoms with Gasteiger partial charge in [-0.25, -0.2) is 9.38 Å². The highest BCUT2D eigenvalue weighted by Crippen LogP contribution is 2.32. The molecule has 0 fully saturated rings. The van der Waals surface area contributed by atoms with E-state index in [1.54, 1.807) is 42.5 Å². The zero-order chi connectivity index (χ0) is 20.4. The Morgan fingerprint density at radius 3 is 2.69 bits per heavy atom. The number of thioether (sulfide) groups is 1. The lowest BCUT2D eigenvalue weighted by Gasteiger charge is -2.18. The molecule has 0 radical (unpaired) electrons. The number of nitrogens with zero attached hydrogens (tertiary/aromatic N) is 3. The van der Waals surface area contributed by atoms with Gasteiger partial charge >= 0.3 is 0 Å². The lowest BCUT2D eigenvalue weighted by Crippen LogP contribution is -2.31. The van der Waals surface area contributed by atoms with E-state index in [4.69, 9.17) is 27.7 Å². The zero-order valence-electron chi connectivity index (χ0n) is 14.7. The van der Waals surface area contributed by atoms with Crippen LogP contribution >= 0.6 is 35.0 Å². The predicted molar refractivity (Wildman–Crippen MR) is 114 cm³/mol. The number of aromatic nitrogens is 1. The molecular weight excluding hydrogens is 436 g/mol. The number of amidine groups is 1. The maximum atomic E-state index is 14.4. The third-order valence-electron chi connectivity index (χ3n) is 4.01. The van der Waals surface area contributed by atoms with Crippen LogP contribution in [0.1, 0.15) is 11.3 Å². The fourth-order valence-electron chi connectivity index (χ4n) is 2.65. The lowest BCUT2D eigenvalue weighted by molar-refractivity contribution is -0.113. The van der Waals surface area contributed by atoms with E-state index in [2.05, 4.69) is 10.1 Å². The van der Waals surface area contributed by atoms with Gasteiger partial charge in [-0.3, -0.25) is 9.69 Å². The van der Waals surface area contributed by atoms with E-state index in [0.717, 1.165) is 0 Å². The van der Waals surface area contributed by atoms with E-state index in [1.165, 1.54) is 35.1 Å². The van der Waals surface area contributed by atoms with Crippen molar-refractivity contribution in [1.29, 1.82) is 0 Å². The molecule has 5 nitrogen and oxygen atoms in total. The third-order valence-corrected chi connectivity index (χ3v) is 5.72. The van der Waals surface area contributed by atoms with Gasteiger partial charge in [0.25, 0.3) is 5.91 Å². The van der Waals surface area contributed by atoms with E-state index in [0.29, 0.717) is 32.2 Å². The normalized spacial score (nSPS) is 15.3. The fourth-order valence-corrected chi connectivity index (χ4v) is 3.85. The average Bonchev–Trinajstić information content (AvgIpc) is 3.32. The van der Waals surface area contributed by atoms with Crippen LogP contribution in [0.5, 0.6) is 0 Å². The molecule has 0 bridgehead atoms. The van der Waals surface area contributed by atoms with Gasteiger partial charge in [-0.1, -0.05) is 58.3 Å². The summed E-state index contributed by atoms with van der Waals surface area (Å²) in [5, 5.41) is 4.96. The number of rotatable bonds is 4. The van der Waals surface area contributed by atoms with Gasteiger partial charge in [-0.2, -0.15) is 0 Å². The van der Waals surface area contributed by atoms with Gasteiger partial charge in [0.2, 0.25) is 0 Å². The number of hydrogen-bond donors (Lipinski definition) is 0. The Labute approximate surface area is 179 Å². The minimum atomic E-state index is -0.522. The average molecular weight is 448 g/mol. The van der Waals surface area contributed by atoms with Crippen LogP contribution in [0, 0.1) is 5.82 Å². The molecule has 0 spiro atoms. The summed E-state index contributed by atoms with van der Waals surface area (Å²) in [6.07, 6.45) is 3.05. The summed E-state index contributed by atoms with van der Waals surface area (Å²) in [5.41, 5.74) is 1.62. The van der Waals surface area contributed by atoms with Crippen LogP contribution in [0.4, 0.5) is 10.1 Å². The molecule has 4 rings (SSSR count). The van der Waals surface area contributed by atoms with Gasteiger partial charge in [0.15, 0.2) is 5.17 Å². The lowest BCUT2D eigenvalue weighted by atomic mass is 10.2. The summed E-state index contributed by atoms with van der Waals surface area (Å²) in [4.78, 5) is 18.7. The van der Waals surface area contributed by atoms with Crippen molar-refractivity contribution in [3.05, 3.63) is 87.6 Å². The summed E-state index contributed by atoms with van der Waals surface area (Å²) < 4.78 is 19.2. The standard InChI is InChI=1S/C20H12Cl2FN3O2S/c21-14-6-5-12(9-15(14)22)10-17-19(27)26(18-4-2-1-3-16(18)23)20(24-17)29-11-13-7-8-28-25-13/h1-10H,11H2. The van der Waals surface area contributed by atoms with E-state index in [9.17, 15) is 9.18 Å². The van der Waals surface area contributed by atoms with Gasteiger partial charge < -0.3 is 4.52 Å². The Bertz CT molecular complexity index is 1130. The number of hydrogen-bond acceptors (Lipinski definition) is 5. The number of amides is 1. The Hall–Kier alpha value is -2.61. The molecule has 1 aromatic heterocycles. The second-order valence-electron chi connectivity index (χ2n) is 5.97. The van der Waals surface area contributed by atoms with Crippen LogP contribution in [-0.2, 0) is 10.5 Å². The van der Waals surface area contributed by atoms with Gasteiger partial charge in [0, 0.05) is 11.8 Å². The molecule has 3 aromatic rings. The molecule has 1 aliphatic heterocycles. The van der Waals surface area contributed by atoms with E-state index in [1.807, 2.05) is 0 Å². The molecule has 2 aromatic carbocycles. The highest BCUT2D eigenvalue weighted by molar-refractivity contribution is 8.13. The molecule has 146 valence electrons. The Kier molecular flexibility index (Phi) is 5.71. The van der Waals surface area contributed by atoms with Crippen molar-refractivity contribution in [3.63, 3.8) is 0 Å². The Morgan fingerprint density at radius 2 is 1.97 bits per heavy atom. The molecule has 0 aliphatic carbocycles. The van der Waals surface area contributed by atoms with Gasteiger partial charge in [0.05, 0.1) is 21.4 Å². The van der Waals surface area contributed by atoms with Crippen LogP contribution in [0.2, 0.25) is 10.0 Å². The second-order valence-corrected chi connectivity index (χ2v) is 7.73. The van der Waals surface area contributed by atoms with Crippen molar-refractivity contribution in [2.24, 2.45) is 4.99 Å². The summed E-state index contributed by atoms with van der Waals surface area (Å²) in [7, 11) is 0. The fraction of sp³-hybridized carbons (Fsp3) is 0.0500. The van der Waals surface area contributed by atoms with Gasteiger partial charge in [-0.05, 0) is 35.9 Å². The molecule has 0 unspecified atom stereocenters. The molecular formula is C20H12Cl2FN3O2S. The Balaban J connectivity index is 1.71. The number of halogens is 3. The predicted octanol–water partition coefficient (Wildman–Crippen LogP) is 5.80. The monoisotopic (exact) mass is 447 g/mol. The first-order valence-electron chi connectivity index (χ1n) is 8.39. The van der Waals surface area contributed by atoms with Crippen LogP contribution in [0.3, 0.4) is 0 Å². The summed E-state index contributed by atoms with van der Waals surface area (Å²) in [6, 6.07) is 12.7. The number of carbonyl (C=O) groups is 1. The van der Waals surface area contributed by atoms with Crippen molar-refractivity contribution in [1.82, 2.24) is 5.16 Å². The van der Waals surface area contributed by atoms with Crippen LogP contribution in [0.15, 0.2) is 70.0 Å². The first kappa shape index (κ1) is 19.7. The molecule has 2 heterocycles. The van der Waals surface area contributed by atoms with Crippen LogP contribution in [-0.4, -0.2) is 16.2 Å². The molecule has 0 saturated carbocycles. The van der Waals surface area contributed by atoms with Crippen LogP contribution < -0.4 is 4.90 Å². The van der Waals surface area contributed by atoms with E-state index < -0.39 is 11.7 Å². The summed E-state index contributed by atoms with van der Waals surface area (Å²) >= 11 is 13.3. The third kappa shape index (κ3) is 4.22. The number of carbonyl (C=O) groups excluding carboxylic acids is 1. The van der Waals surface area contributed by atoms with Crippen molar-refractivity contribution in [2.75, 3.05) is 4.90 Å². The number of aliphatic imine (C=N–C) groups is 1. The van der Waals surface area contributed by atoms with Crippen molar-refractivity contribution < 1.29 is 13.7 Å². The smallest absolute Gasteiger partial charge is 0.283 e. The van der Waals surface area contributed by atoms with Gasteiger partial charge in [0.1, 0.15) is 17.8 Å². The zero-order valence-corrected chi connectivity index (χ0v) is 17.0. The number of benzene rings is 2. The molecule has 0 saturated heterocycles. The molecule has 9 heteroatoms. The largest absolute Gasteiger partial charge is 0.364 e. The van der Waals surface area contributed by atoms with Gasteiger partial charge in [-0.15, -0.1) is 0 Å². The van der Waals surface area contributed by atoms with Crippen molar-refractivity contribution in [3.8, 4) is 0 Å². The highest BCUT2D eigenvalue weighted by atomic mass is 35.5. The highest BCUT2D eigenvalue weighted by Gasteiger charge is 2.33. The minimum absolute atomic E-state index is 0.126. The maximum absolute atomic E-state index is 14.4. The second kappa shape index (κ2) is 8.41. The molecule has 0 N–H and O–H groups in total. The summed E-state index contributed by atoms with van der Waals surface area (Å²) in [5.74, 6) is -0.552. The molecule has 29 heavy (non-hydrogen) atoms. The SMILES string of the molecule is O=C1C(=Cc2ccc(Cl)c(Cl)c2)N=C(SCc2ccon2)N1c1ccccc1F. The van der Waals surface area contributed by atoms with Crippen molar-refractivity contribution >= 4 is 57.8 Å². The molecule has 1 amide bonds. The quantitative estimate of drug-likeness (QED) is 0.474. The number of anilines is 1. The topological polar surface area (TPSA) is 58.7 Å². The molecule has 0 atom stereocenters. The minimum Gasteiger partial charge on any atom is -0.364 e. The maximum Gasteiger partial charge on any atom is 0.283 e. The summed E-state index contributed by atoms with van der Waals surface area (Å²) in [6.45, 7) is 0. The Morgan fingerprint density at radius 1 is 1.14 bits per heavy atom. The van der Waals surface area contributed by atoms with E-state index in [-0.39, 0.29) is 11.4 Å². The first-order chi connectivity index (χ1) is 14.0.